The van der Waals surface area contributed by atoms with E-state index in [4.69, 9.17) is 4.74 Å². The lowest BCUT2D eigenvalue weighted by molar-refractivity contribution is -0.942. The van der Waals surface area contributed by atoms with Gasteiger partial charge in [-0.05, 0) is 32.6 Å². The van der Waals surface area contributed by atoms with Crippen LogP contribution in [-0.2, 0) is 11.3 Å². The van der Waals surface area contributed by atoms with Gasteiger partial charge in [0, 0.05) is 12.7 Å². The molecule has 19 heavy (non-hydrogen) atoms. The van der Waals surface area contributed by atoms with Crippen LogP contribution < -0.4 is 0 Å². The first-order chi connectivity index (χ1) is 9.24. The Morgan fingerprint density at radius 3 is 2.26 bits per heavy atom. The van der Waals surface area contributed by atoms with E-state index in [1.54, 1.807) is 0 Å². The quantitative estimate of drug-likeness (QED) is 0.737. The van der Waals surface area contributed by atoms with Gasteiger partial charge in [-0.25, -0.2) is 0 Å². The summed E-state index contributed by atoms with van der Waals surface area (Å²) >= 11 is 0. The van der Waals surface area contributed by atoms with Crippen LogP contribution in [0.4, 0.5) is 0 Å². The first-order valence-electron chi connectivity index (χ1n) is 7.66. The van der Waals surface area contributed by atoms with Crippen LogP contribution in [0.25, 0.3) is 0 Å². The van der Waals surface area contributed by atoms with E-state index in [1.807, 2.05) is 7.11 Å². The van der Waals surface area contributed by atoms with Crippen molar-refractivity contribution in [3.05, 3.63) is 35.9 Å². The van der Waals surface area contributed by atoms with Crippen molar-refractivity contribution in [1.82, 2.24) is 0 Å². The smallest absolute Gasteiger partial charge is 0.105 e. The molecule has 0 aromatic heterocycles. The minimum absolute atomic E-state index is 0.349. The molecule has 0 N–H and O–H groups in total. The fourth-order valence-electron chi connectivity index (χ4n) is 3.36. The van der Waals surface area contributed by atoms with E-state index < -0.39 is 0 Å². The minimum Gasteiger partial charge on any atom is -0.376 e. The Morgan fingerprint density at radius 1 is 1.05 bits per heavy atom. The summed E-state index contributed by atoms with van der Waals surface area (Å²) in [6, 6.07) is 10.9. The summed E-state index contributed by atoms with van der Waals surface area (Å²) in [6.45, 7) is 7.13. The molecule has 1 unspecified atom stereocenters. The van der Waals surface area contributed by atoms with Crippen LogP contribution >= 0.6 is 0 Å². The predicted molar refractivity (Wildman–Crippen MR) is 79.9 cm³/mol. The van der Waals surface area contributed by atoms with E-state index in [-0.39, 0.29) is 0 Å². The van der Waals surface area contributed by atoms with Gasteiger partial charge in [0.2, 0.25) is 0 Å². The summed E-state index contributed by atoms with van der Waals surface area (Å²) < 4.78 is 6.75. The molecule has 0 bridgehead atoms. The molecule has 106 valence electrons. The highest BCUT2D eigenvalue weighted by atomic mass is 16.5. The third-order valence-corrected chi connectivity index (χ3v) is 4.42. The zero-order valence-electron chi connectivity index (χ0n) is 12.5. The molecule has 1 heterocycles. The average Bonchev–Trinajstić information content (AvgIpc) is 2.65. The van der Waals surface area contributed by atoms with Crippen molar-refractivity contribution >= 4 is 0 Å². The zero-order valence-corrected chi connectivity index (χ0v) is 12.5. The van der Waals surface area contributed by atoms with Crippen LogP contribution in [0.2, 0.25) is 0 Å². The summed E-state index contributed by atoms with van der Waals surface area (Å²) in [7, 11) is 1.83. The van der Waals surface area contributed by atoms with Crippen LogP contribution in [0.5, 0.6) is 0 Å². The second kappa shape index (κ2) is 7.06. The lowest BCUT2D eigenvalue weighted by Gasteiger charge is -2.39. The van der Waals surface area contributed by atoms with Crippen molar-refractivity contribution in [2.75, 3.05) is 26.7 Å². The predicted octanol–water partition coefficient (Wildman–Crippen LogP) is 3.61. The number of nitrogens with zero attached hydrogens (tertiary/aromatic N) is 1. The van der Waals surface area contributed by atoms with Crippen molar-refractivity contribution in [3.8, 4) is 0 Å². The molecule has 0 radical (unpaired) electrons. The fraction of sp³-hybridized carbons (Fsp3) is 0.647. The first kappa shape index (κ1) is 14.5. The Kier molecular flexibility index (Phi) is 5.41. The van der Waals surface area contributed by atoms with Crippen molar-refractivity contribution in [3.63, 3.8) is 0 Å². The van der Waals surface area contributed by atoms with Crippen molar-refractivity contribution in [2.24, 2.45) is 0 Å². The molecular weight excluding hydrogens is 234 g/mol. The Balaban J connectivity index is 2.12. The summed E-state index contributed by atoms with van der Waals surface area (Å²) in [5.41, 5.74) is 1.47. The first-order valence-corrected chi connectivity index (χ1v) is 7.66. The number of likely N-dealkylation sites (tertiary alicyclic amines) is 1. The minimum atomic E-state index is 0.349. The van der Waals surface area contributed by atoms with Gasteiger partial charge in [0.25, 0.3) is 0 Å². The van der Waals surface area contributed by atoms with Gasteiger partial charge in [-0.3, -0.25) is 0 Å². The van der Waals surface area contributed by atoms with E-state index in [9.17, 15) is 0 Å². The monoisotopic (exact) mass is 262 g/mol. The molecule has 2 heteroatoms. The molecule has 1 saturated heterocycles. The maximum atomic E-state index is 5.54. The molecule has 1 aromatic carbocycles. The van der Waals surface area contributed by atoms with Gasteiger partial charge in [-0.1, -0.05) is 30.3 Å². The molecule has 2 nitrogen and oxygen atoms in total. The number of hydrogen-bond donors (Lipinski definition) is 0. The number of quaternary nitrogens is 1. The summed E-state index contributed by atoms with van der Waals surface area (Å²) in [5.74, 6) is 0. The van der Waals surface area contributed by atoms with Gasteiger partial charge in [-0.15, -0.1) is 0 Å². The van der Waals surface area contributed by atoms with Gasteiger partial charge < -0.3 is 9.22 Å². The molecule has 2 rings (SSSR count). The van der Waals surface area contributed by atoms with Crippen LogP contribution in [0.15, 0.2) is 30.3 Å². The number of methoxy groups -OCH3 is 1. The normalized spacial score (nSPS) is 20.7. The van der Waals surface area contributed by atoms with Crippen LogP contribution in [0.1, 0.15) is 38.2 Å². The molecule has 0 amide bonds. The van der Waals surface area contributed by atoms with E-state index in [0.29, 0.717) is 6.10 Å². The lowest BCUT2D eigenvalue weighted by Crippen LogP contribution is -2.52. The van der Waals surface area contributed by atoms with E-state index in [2.05, 4.69) is 37.3 Å². The average molecular weight is 262 g/mol. The molecule has 1 aliphatic heterocycles. The van der Waals surface area contributed by atoms with Gasteiger partial charge in [0.05, 0.1) is 13.1 Å². The highest BCUT2D eigenvalue weighted by Crippen LogP contribution is 2.23. The standard InChI is InChI=1S/C17H28NO/c1-16(19-2)14-18(12-8-3-4-9-13-18)15-17-10-6-5-7-11-17/h5-7,10-11,16H,3-4,8-9,12-15H2,1-2H3/q+1. The van der Waals surface area contributed by atoms with Gasteiger partial charge in [0.1, 0.15) is 19.2 Å². The molecule has 1 atom stereocenters. The lowest BCUT2D eigenvalue weighted by atomic mass is 10.1. The summed E-state index contributed by atoms with van der Waals surface area (Å²) in [4.78, 5) is 0. The zero-order chi connectivity index (χ0) is 13.6. The maximum absolute atomic E-state index is 5.54. The Hall–Kier alpha value is -0.860. The highest BCUT2D eigenvalue weighted by Gasteiger charge is 2.30. The second-order valence-corrected chi connectivity index (χ2v) is 6.08. The Labute approximate surface area is 118 Å². The maximum Gasteiger partial charge on any atom is 0.105 e. The summed E-state index contributed by atoms with van der Waals surface area (Å²) in [5, 5.41) is 0. The third kappa shape index (κ3) is 4.32. The van der Waals surface area contributed by atoms with Crippen molar-refractivity contribution in [2.45, 2.75) is 45.3 Å². The second-order valence-electron chi connectivity index (χ2n) is 6.08. The number of benzene rings is 1. The SMILES string of the molecule is COC(C)C[N+]1(Cc2ccccc2)CCCCCC1. The van der Waals surface area contributed by atoms with Crippen molar-refractivity contribution in [1.29, 1.82) is 0 Å². The van der Waals surface area contributed by atoms with Crippen LogP contribution in [0, 0.1) is 0 Å². The third-order valence-electron chi connectivity index (χ3n) is 4.42. The van der Waals surface area contributed by atoms with E-state index in [0.717, 1.165) is 13.1 Å². The molecule has 1 aromatic rings. The van der Waals surface area contributed by atoms with Crippen LogP contribution in [0.3, 0.4) is 0 Å². The molecule has 0 saturated carbocycles. The van der Waals surface area contributed by atoms with E-state index >= 15 is 0 Å². The van der Waals surface area contributed by atoms with E-state index in [1.165, 1.54) is 48.8 Å². The van der Waals surface area contributed by atoms with Gasteiger partial charge in [-0.2, -0.15) is 0 Å². The molecule has 1 aliphatic rings. The van der Waals surface area contributed by atoms with Crippen molar-refractivity contribution < 1.29 is 9.22 Å². The Morgan fingerprint density at radius 2 is 1.68 bits per heavy atom. The Bertz CT molecular complexity index is 355. The number of ether oxygens (including phenoxy) is 1. The molecular formula is C17H28NO+. The molecule has 1 fully saturated rings. The highest BCUT2D eigenvalue weighted by molar-refractivity contribution is 5.13. The van der Waals surface area contributed by atoms with Gasteiger partial charge in [0.15, 0.2) is 0 Å². The van der Waals surface area contributed by atoms with Gasteiger partial charge >= 0.3 is 0 Å². The van der Waals surface area contributed by atoms with Crippen LogP contribution in [-0.4, -0.2) is 37.3 Å². The largest absolute Gasteiger partial charge is 0.376 e. The number of rotatable bonds is 5. The summed E-state index contributed by atoms with van der Waals surface area (Å²) in [6.07, 6.45) is 5.88. The number of hydrogen-bond acceptors (Lipinski definition) is 1. The fourth-order valence-corrected chi connectivity index (χ4v) is 3.36. The molecule has 0 spiro atoms. The molecule has 0 aliphatic carbocycles. The topological polar surface area (TPSA) is 9.23 Å².